The first-order valence-electron chi connectivity index (χ1n) is 5.45. The summed E-state index contributed by atoms with van der Waals surface area (Å²) in [5, 5.41) is 0. The van der Waals surface area contributed by atoms with Crippen LogP contribution in [0.1, 0.15) is 47.0 Å². The van der Waals surface area contributed by atoms with Gasteiger partial charge in [0.15, 0.2) is 0 Å². The molecule has 0 saturated heterocycles. The Kier molecular flexibility index (Phi) is 3.73. The molecular formula is C12H21NO. The van der Waals surface area contributed by atoms with Crippen LogP contribution in [-0.4, -0.2) is 17.9 Å². The van der Waals surface area contributed by atoms with Crippen molar-refractivity contribution < 1.29 is 4.74 Å². The van der Waals surface area contributed by atoms with E-state index >= 15 is 0 Å². The number of allylic oxidation sites excluding steroid dienone is 2. The van der Waals surface area contributed by atoms with Gasteiger partial charge in [0.2, 0.25) is 0 Å². The summed E-state index contributed by atoms with van der Waals surface area (Å²) in [5.41, 5.74) is 1.10. The molecule has 0 atom stereocenters. The van der Waals surface area contributed by atoms with Gasteiger partial charge < -0.3 is 4.74 Å². The number of rotatable bonds is 2. The van der Waals surface area contributed by atoms with Crippen LogP contribution >= 0.6 is 0 Å². The van der Waals surface area contributed by atoms with E-state index in [1.807, 2.05) is 0 Å². The minimum Gasteiger partial charge on any atom is -0.492 e. The van der Waals surface area contributed by atoms with Gasteiger partial charge in [-0.1, -0.05) is 6.92 Å². The van der Waals surface area contributed by atoms with Crippen LogP contribution in [-0.2, 0) is 4.74 Å². The van der Waals surface area contributed by atoms with E-state index in [1.54, 1.807) is 0 Å². The highest BCUT2D eigenvalue weighted by Gasteiger charge is 2.14. The third-order valence-electron chi connectivity index (χ3n) is 2.03. The summed E-state index contributed by atoms with van der Waals surface area (Å²) in [7, 11) is 0. The Hall–Kier alpha value is -0.790. The van der Waals surface area contributed by atoms with Crippen LogP contribution in [0.25, 0.3) is 0 Å². The van der Waals surface area contributed by atoms with Gasteiger partial charge >= 0.3 is 0 Å². The van der Waals surface area contributed by atoms with Crippen molar-refractivity contribution in [2.24, 2.45) is 4.99 Å². The molecule has 0 spiro atoms. The third kappa shape index (κ3) is 3.52. The highest BCUT2D eigenvalue weighted by Crippen LogP contribution is 2.17. The lowest BCUT2D eigenvalue weighted by atomic mass is 10.1. The Bertz CT molecular complexity index is 246. The molecule has 0 amide bonds. The molecule has 0 fully saturated rings. The van der Waals surface area contributed by atoms with Gasteiger partial charge in [0.1, 0.15) is 5.76 Å². The normalized spacial score (nSPS) is 18.9. The Balaban J connectivity index is 2.80. The zero-order valence-electron chi connectivity index (χ0n) is 9.76. The van der Waals surface area contributed by atoms with E-state index in [0.29, 0.717) is 0 Å². The Labute approximate surface area is 87.1 Å². The fourth-order valence-corrected chi connectivity index (χ4v) is 1.47. The van der Waals surface area contributed by atoms with Crippen molar-refractivity contribution in [2.45, 2.75) is 52.5 Å². The number of nitrogens with zero attached hydrogens (tertiary/aromatic N) is 1. The van der Waals surface area contributed by atoms with Gasteiger partial charge in [-0.25, -0.2) is 0 Å². The van der Waals surface area contributed by atoms with E-state index < -0.39 is 0 Å². The van der Waals surface area contributed by atoms with Gasteiger partial charge in [0.05, 0.1) is 17.9 Å². The lowest BCUT2D eigenvalue weighted by molar-refractivity contribution is 0.211. The average Bonchev–Trinajstić information content (AvgIpc) is 2.14. The Morgan fingerprint density at radius 1 is 1.50 bits per heavy atom. The maximum Gasteiger partial charge on any atom is 0.136 e. The second kappa shape index (κ2) is 4.63. The van der Waals surface area contributed by atoms with E-state index in [1.165, 1.54) is 0 Å². The average molecular weight is 195 g/mol. The largest absolute Gasteiger partial charge is 0.492 e. The molecular weight excluding hydrogens is 174 g/mol. The fraction of sp³-hybridized carbons (Fsp3) is 0.750. The molecule has 2 heteroatoms. The van der Waals surface area contributed by atoms with E-state index in [9.17, 15) is 0 Å². The summed E-state index contributed by atoms with van der Waals surface area (Å²) in [6.07, 6.45) is 5.37. The molecule has 14 heavy (non-hydrogen) atoms. The predicted octanol–water partition coefficient (Wildman–Crippen LogP) is 3.33. The summed E-state index contributed by atoms with van der Waals surface area (Å²) >= 11 is 0. The van der Waals surface area contributed by atoms with E-state index in [-0.39, 0.29) is 5.54 Å². The molecule has 0 aromatic heterocycles. The summed E-state index contributed by atoms with van der Waals surface area (Å²) in [4.78, 5) is 4.67. The zero-order chi connectivity index (χ0) is 10.6. The van der Waals surface area contributed by atoms with Crippen molar-refractivity contribution in [1.82, 2.24) is 0 Å². The van der Waals surface area contributed by atoms with Crippen LogP contribution in [0, 0.1) is 0 Å². The lowest BCUT2D eigenvalue weighted by Gasteiger charge is -2.20. The van der Waals surface area contributed by atoms with Crippen molar-refractivity contribution in [3.8, 4) is 0 Å². The quantitative estimate of drug-likeness (QED) is 0.619. The maximum atomic E-state index is 5.61. The van der Waals surface area contributed by atoms with E-state index in [2.05, 4.69) is 38.8 Å². The van der Waals surface area contributed by atoms with Crippen molar-refractivity contribution in [3.05, 3.63) is 11.8 Å². The maximum absolute atomic E-state index is 5.61. The Morgan fingerprint density at radius 3 is 2.64 bits per heavy atom. The summed E-state index contributed by atoms with van der Waals surface area (Å²) in [5.74, 6) is 1.01. The molecule has 1 rings (SSSR count). The number of ether oxygens (including phenoxy) is 1. The lowest BCUT2D eigenvalue weighted by Crippen LogP contribution is -2.18. The smallest absolute Gasteiger partial charge is 0.136 e. The van der Waals surface area contributed by atoms with Crippen LogP contribution in [0.4, 0.5) is 0 Å². The molecule has 0 bridgehead atoms. The molecule has 0 aromatic rings. The molecule has 0 radical (unpaired) electrons. The molecule has 0 aliphatic carbocycles. The molecule has 80 valence electrons. The standard InChI is InChI=1S/C12H21NO/c1-5-10(13-12(2,3)4)11-8-6-7-9-14-11/h8H,5-7,9H2,1-4H3. The van der Waals surface area contributed by atoms with Crippen LogP contribution in [0.15, 0.2) is 16.8 Å². The molecule has 1 aliphatic rings. The van der Waals surface area contributed by atoms with Crippen LogP contribution in [0.2, 0.25) is 0 Å². The SMILES string of the molecule is CCC(=NC(C)(C)C)C1=CCCCO1. The second-order valence-corrected chi connectivity index (χ2v) is 4.64. The van der Waals surface area contributed by atoms with Crippen molar-refractivity contribution in [2.75, 3.05) is 6.61 Å². The summed E-state index contributed by atoms with van der Waals surface area (Å²) in [6, 6.07) is 0. The van der Waals surface area contributed by atoms with Crippen molar-refractivity contribution in [1.29, 1.82) is 0 Å². The van der Waals surface area contributed by atoms with Gasteiger partial charge in [-0.2, -0.15) is 0 Å². The van der Waals surface area contributed by atoms with Crippen LogP contribution in [0.5, 0.6) is 0 Å². The highest BCUT2D eigenvalue weighted by atomic mass is 16.5. The molecule has 1 aliphatic heterocycles. The van der Waals surface area contributed by atoms with Gasteiger partial charge in [-0.05, 0) is 46.1 Å². The summed E-state index contributed by atoms with van der Waals surface area (Å²) < 4.78 is 5.61. The minimum absolute atomic E-state index is 0.00695. The number of hydrogen-bond donors (Lipinski definition) is 0. The molecule has 0 aromatic carbocycles. The second-order valence-electron chi connectivity index (χ2n) is 4.64. The molecule has 0 unspecified atom stereocenters. The monoisotopic (exact) mass is 195 g/mol. The molecule has 0 saturated carbocycles. The first-order valence-corrected chi connectivity index (χ1v) is 5.45. The molecule has 1 heterocycles. The van der Waals surface area contributed by atoms with Gasteiger partial charge in [0.25, 0.3) is 0 Å². The zero-order valence-corrected chi connectivity index (χ0v) is 9.76. The fourth-order valence-electron chi connectivity index (χ4n) is 1.47. The van der Waals surface area contributed by atoms with Gasteiger partial charge in [-0.3, -0.25) is 4.99 Å². The first-order chi connectivity index (χ1) is 6.53. The molecule has 0 N–H and O–H groups in total. The van der Waals surface area contributed by atoms with Crippen LogP contribution in [0.3, 0.4) is 0 Å². The topological polar surface area (TPSA) is 21.6 Å². The number of hydrogen-bond acceptors (Lipinski definition) is 2. The molecule has 2 nitrogen and oxygen atoms in total. The Morgan fingerprint density at radius 2 is 2.21 bits per heavy atom. The summed E-state index contributed by atoms with van der Waals surface area (Å²) in [6.45, 7) is 9.32. The van der Waals surface area contributed by atoms with E-state index in [4.69, 9.17) is 4.74 Å². The van der Waals surface area contributed by atoms with Crippen molar-refractivity contribution >= 4 is 5.71 Å². The minimum atomic E-state index is -0.00695. The van der Waals surface area contributed by atoms with Crippen molar-refractivity contribution in [3.63, 3.8) is 0 Å². The first kappa shape index (κ1) is 11.3. The van der Waals surface area contributed by atoms with Gasteiger partial charge in [0, 0.05) is 0 Å². The van der Waals surface area contributed by atoms with Crippen LogP contribution < -0.4 is 0 Å². The predicted molar refractivity (Wildman–Crippen MR) is 60.7 cm³/mol. The highest BCUT2D eigenvalue weighted by molar-refractivity contribution is 5.98. The third-order valence-corrected chi connectivity index (χ3v) is 2.03. The van der Waals surface area contributed by atoms with Gasteiger partial charge in [-0.15, -0.1) is 0 Å². The number of aliphatic imine (C=N–C) groups is 1. The van der Waals surface area contributed by atoms with E-state index in [0.717, 1.165) is 37.3 Å².